The molecular formula is C35H37ClF2N2O5. The number of amides is 1. The highest BCUT2D eigenvalue weighted by Crippen LogP contribution is 2.36. The number of hydrogen-bond donors (Lipinski definition) is 4. The molecule has 238 valence electrons. The molecule has 10 heteroatoms. The Kier molecular flexibility index (Phi) is 11.2. The van der Waals surface area contributed by atoms with Gasteiger partial charge in [-0.05, 0) is 78.4 Å². The van der Waals surface area contributed by atoms with E-state index in [4.69, 9.17) is 21.1 Å². The first-order valence-corrected chi connectivity index (χ1v) is 14.8. The zero-order valence-corrected chi connectivity index (χ0v) is 26.4. The Labute approximate surface area is 266 Å². The molecule has 0 heterocycles. The number of nitrogens with one attached hydrogen (secondary N) is 2. The van der Waals surface area contributed by atoms with Crippen LogP contribution in [0.15, 0.2) is 66.7 Å². The van der Waals surface area contributed by atoms with Crippen LogP contribution in [0.3, 0.4) is 0 Å². The van der Waals surface area contributed by atoms with E-state index in [0.717, 1.165) is 33.9 Å². The highest BCUT2D eigenvalue weighted by molar-refractivity contribution is 6.32. The van der Waals surface area contributed by atoms with Crippen LogP contribution in [0.1, 0.15) is 45.1 Å². The summed E-state index contributed by atoms with van der Waals surface area (Å²) in [5, 5.41) is 25.5. The average Bonchev–Trinajstić information content (AvgIpc) is 3.02. The maximum atomic E-state index is 13.8. The first kappa shape index (κ1) is 33.9. The second-order valence-corrected chi connectivity index (χ2v) is 11.5. The van der Waals surface area contributed by atoms with Crippen LogP contribution >= 0.6 is 11.6 Å². The van der Waals surface area contributed by atoms with Crippen molar-refractivity contribution in [1.29, 1.82) is 0 Å². The van der Waals surface area contributed by atoms with Crippen molar-refractivity contribution < 1.29 is 33.3 Å². The Morgan fingerprint density at radius 1 is 0.844 bits per heavy atom. The quantitative estimate of drug-likeness (QED) is 0.138. The molecule has 0 radical (unpaired) electrons. The van der Waals surface area contributed by atoms with Gasteiger partial charge in [-0.2, -0.15) is 0 Å². The number of aliphatic hydroxyl groups is 2. The minimum absolute atomic E-state index is 0.129. The molecule has 4 aromatic carbocycles. The van der Waals surface area contributed by atoms with E-state index in [9.17, 15) is 23.8 Å². The molecule has 0 fully saturated rings. The van der Waals surface area contributed by atoms with E-state index in [0.29, 0.717) is 33.2 Å². The second kappa shape index (κ2) is 14.8. The summed E-state index contributed by atoms with van der Waals surface area (Å²) < 4.78 is 39.8. The van der Waals surface area contributed by atoms with Gasteiger partial charge in [0.15, 0.2) is 0 Å². The summed E-state index contributed by atoms with van der Waals surface area (Å²) in [6, 6.07) is 17.9. The lowest BCUT2D eigenvalue weighted by molar-refractivity contribution is 0.0962. The van der Waals surface area contributed by atoms with E-state index in [2.05, 4.69) is 10.6 Å². The van der Waals surface area contributed by atoms with Crippen LogP contribution in [0.25, 0.3) is 11.1 Å². The summed E-state index contributed by atoms with van der Waals surface area (Å²) in [5.41, 5.74) is 5.16. The predicted octanol–water partition coefficient (Wildman–Crippen LogP) is 6.25. The Morgan fingerprint density at radius 2 is 1.47 bits per heavy atom. The van der Waals surface area contributed by atoms with Crippen LogP contribution in [0.2, 0.25) is 5.02 Å². The van der Waals surface area contributed by atoms with E-state index in [1.807, 2.05) is 44.2 Å². The fourth-order valence-corrected chi connectivity index (χ4v) is 5.12. The molecule has 0 saturated carbocycles. The molecule has 7 nitrogen and oxygen atoms in total. The van der Waals surface area contributed by atoms with Crippen LogP contribution in [0, 0.1) is 25.5 Å². The van der Waals surface area contributed by atoms with Crippen LogP contribution in [0.5, 0.6) is 11.5 Å². The minimum Gasteiger partial charge on any atom is -0.488 e. The van der Waals surface area contributed by atoms with Crippen molar-refractivity contribution >= 4 is 17.5 Å². The first-order valence-electron chi connectivity index (χ1n) is 14.4. The number of carbonyl (C=O) groups excluding carboxylic acids is 1. The molecule has 4 N–H and O–H groups in total. The monoisotopic (exact) mass is 638 g/mol. The van der Waals surface area contributed by atoms with E-state index < -0.39 is 17.2 Å². The van der Waals surface area contributed by atoms with Gasteiger partial charge < -0.3 is 30.3 Å². The SMILES string of the molecule is CNC(=O)c1cccc(-c2cccc(COc3cc(OCc4cc(F)cc(F)c4)c(CNC(C)(CO)CO)cc3Cl)c2C)c1C. The number of carbonyl (C=O) groups is 1. The molecule has 0 bridgehead atoms. The molecule has 0 atom stereocenters. The van der Waals surface area contributed by atoms with Crippen molar-refractivity contribution in [2.45, 2.75) is 46.1 Å². The number of benzene rings is 4. The van der Waals surface area contributed by atoms with Crippen molar-refractivity contribution in [2.75, 3.05) is 20.3 Å². The Hall–Kier alpha value is -4.02. The second-order valence-electron chi connectivity index (χ2n) is 11.1. The summed E-state index contributed by atoms with van der Waals surface area (Å²) in [6.45, 7) is 5.15. The van der Waals surface area contributed by atoms with E-state index in [-0.39, 0.29) is 38.9 Å². The largest absolute Gasteiger partial charge is 0.488 e. The molecule has 0 aromatic heterocycles. The van der Waals surface area contributed by atoms with Gasteiger partial charge in [-0.3, -0.25) is 4.79 Å². The maximum absolute atomic E-state index is 13.8. The number of ether oxygens (including phenoxy) is 2. The zero-order chi connectivity index (χ0) is 32.7. The molecule has 1 amide bonds. The van der Waals surface area contributed by atoms with Crippen molar-refractivity contribution in [3.63, 3.8) is 0 Å². The van der Waals surface area contributed by atoms with Gasteiger partial charge in [-0.15, -0.1) is 0 Å². The topological polar surface area (TPSA) is 100 Å². The molecule has 0 aliphatic carbocycles. The molecule has 0 saturated heterocycles. The van der Waals surface area contributed by atoms with E-state index in [1.54, 1.807) is 32.2 Å². The zero-order valence-electron chi connectivity index (χ0n) is 25.6. The smallest absolute Gasteiger partial charge is 0.251 e. The van der Waals surface area contributed by atoms with Gasteiger partial charge in [0.1, 0.15) is 36.3 Å². The highest BCUT2D eigenvalue weighted by Gasteiger charge is 2.23. The van der Waals surface area contributed by atoms with Gasteiger partial charge in [0, 0.05) is 36.9 Å². The van der Waals surface area contributed by atoms with E-state index >= 15 is 0 Å². The first-order chi connectivity index (χ1) is 21.5. The number of hydrogen-bond acceptors (Lipinski definition) is 6. The van der Waals surface area contributed by atoms with Crippen molar-refractivity contribution in [3.8, 4) is 22.6 Å². The highest BCUT2D eigenvalue weighted by atomic mass is 35.5. The standard InChI is InChI=1S/C35H37ClF2N2O5/c1-21-24(7-5-8-28(21)29-9-6-10-30(22(29)2)34(43)39-4)18-45-33-15-32(44-17-23-11-26(37)14-27(38)12-23)25(13-31(33)36)16-40-35(3,19-41)20-42/h5-15,40-42H,16-20H2,1-4H3,(H,39,43). The van der Waals surface area contributed by atoms with Crippen LogP contribution in [-0.4, -0.2) is 41.9 Å². The minimum atomic E-state index is -0.967. The van der Waals surface area contributed by atoms with Gasteiger partial charge in [-0.25, -0.2) is 8.78 Å². The third-order valence-corrected chi connectivity index (χ3v) is 8.06. The average molecular weight is 639 g/mol. The van der Waals surface area contributed by atoms with Gasteiger partial charge in [-0.1, -0.05) is 41.9 Å². The maximum Gasteiger partial charge on any atom is 0.251 e. The molecule has 0 spiro atoms. The molecule has 45 heavy (non-hydrogen) atoms. The lowest BCUT2D eigenvalue weighted by atomic mass is 9.91. The van der Waals surface area contributed by atoms with E-state index in [1.165, 1.54) is 12.1 Å². The fraction of sp³-hybridized carbons (Fsp3) is 0.286. The lowest BCUT2D eigenvalue weighted by Gasteiger charge is -2.27. The summed E-state index contributed by atoms with van der Waals surface area (Å²) in [6.07, 6.45) is 0. The Bertz CT molecular complexity index is 1660. The number of rotatable bonds is 13. The van der Waals surface area contributed by atoms with Gasteiger partial charge in [0.05, 0.1) is 23.8 Å². The van der Waals surface area contributed by atoms with Crippen LogP contribution < -0.4 is 20.1 Å². The molecule has 0 aliphatic heterocycles. The third-order valence-electron chi connectivity index (χ3n) is 7.76. The Balaban J connectivity index is 1.62. The fourth-order valence-electron chi connectivity index (χ4n) is 4.88. The van der Waals surface area contributed by atoms with Crippen LogP contribution in [0.4, 0.5) is 8.78 Å². The van der Waals surface area contributed by atoms with Crippen molar-refractivity contribution in [3.05, 3.63) is 117 Å². The number of halogens is 3. The molecular weight excluding hydrogens is 602 g/mol. The van der Waals surface area contributed by atoms with Crippen molar-refractivity contribution in [1.82, 2.24) is 10.6 Å². The lowest BCUT2D eigenvalue weighted by Crippen LogP contribution is -2.48. The predicted molar refractivity (Wildman–Crippen MR) is 171 cm³/mol. The van der Waals surface area contributed by atoms with Crippen LogP contribution in [-0.2, 0) is 19.8 Å². The van der Waals surface area contributed by atoms with Gasteiger partial charge in [0.25, 0.3) is 5.91 Å². The summed E-state index contributed by atoms with van der Waals surface area (Å²) in [7, 11) is 1.60. The third kappa shape index (κ3) is 8.18. The molecule has 0 aliphatic rings. The number of aliphatic hydroxyl groups excluding tert-OH is 2. The Morgan fingerprint density at radius 3 is 2.11 bits per heavy atom. The van der Waals surface area contributed by atoms with Crippen molar-refractivity contribution in [2.24, 2.45) is 0 Å². The van der Waals surface area contributed by atoms with Gasteiger partial charge in [0.2, 0.25) is 0 Å². The normalized spacial score (nSPS) is 11.4. The molecule has 4 rings (SSSR count). The van der Waals surface area contributed by atoms with Gasteiger partial charge >= 0.3 is 0 Å². The summed E-state index contributed by atoms with van der Waals surface area (Å²) in [5.74, 6) is -0.916. The summed E-state index contributed by atoms with van der Waals surface area (Å²) >= 11 is 6.65. The molecule has 4 aromatic rings. The summed E-state index contributed by atoms with van der Waals surface area (Å²) in [4.78, 5) is 12.4. The molecule has 0 unspecified atom stereocenters.